The highest BCUT2D eigenvalue weighted by Crippen LogP contribution is 2.17. The number of hydrogen-bond donors (Lipinski definition) is 2. The van der Waals surface area contributed by atoms with Crippen molar-refractivity contribution in [1.82, 2.24) is 0 Å². The molecule has 0 spiro atoms. The molecule has 0 radical (unpaired) electrons. The fourth-order valence-electron chi connectivity index (χ4n) is 1.24. The van der Waals surface area contributed by atoms with Crippen molar-refractivity contribution in [2.45, 2.75) is 12.8 Å². The molecule has 82 valence electrons. The van der Waals surface area contributed by atoms with E-state index in [0.717, 1.165) is 12.1 Å². The molecule has 0 aromatic heterocycles. The number of hydrogen-bond acceptors (Lipinski definition) is 2. The minimum Gasteiger partial charge on any atom is -0.478 e. The zero-order chi connectivity index (χ0) is 11.4. The van der Waals surface area contributed by atoms with Crippen LogP contribution in [0.15, 0.2) is 12.1 Å². The summed E-state index contributed by atoms with van der Waals surface area (Å²) in [6, 6.07) is 1.63. The van der Waals surface area contributed by atoms with E-state index in [4.69, 9.17) is 10.8 Å². The van der Waals surface area contributed by atoms with Gasteiger partial charge in [-0.15, -0.1) is 0 Å². The fraction of sp³-hybridized carbons (Fsp3) is 0.300. The molecule has 0 aliphatic rings. The molecular formula is C10H11F2NO2. The smallest absolute Gasteiger partial charge is 0.335 e. The molecule has 0 amide bonds. The van der Waals surface area contributed by atoms with Gasteiger partial charge in [0.2, 0.25) is 0 Å². The Morgan fingerprint density at radius 2 is 1.87 bits per heavy atom. The summed E-state index contributed by atoms with van der Waals surface area (Å²) in [5.41, 5.74) is 4.72. The van der Waals surface area contributed by atoms with E-state index < -0.39 is 17.6 Å². The van der Waals surface area contributed by atoms with Crippen LogP contribution in [0.2, 0.25) is 0 Å². The summed E-state index contributed by atoms with van der Waals surface area (Å²) in [6.45, 7) is 0.333. The number of aromatic carboxylic acids is 1. The summed E-state index contributed by atoms with van der Waals surface area (Å²) in [6.07, 6.45) is 0.633. The first-order valence-electron chi connectivity index (χ1n) is 4.47. The van der Waals surface area contributed by atoms with Crippen LogP contribution < -0.4 is 5.73 Å². The summed E-state index contributed by atoms with van der Waals surface area (Å²) >= 11 is 0. The molecule has 0 atom stereocenters. The molecule has 1 aromatic rings. The van der Waals surface area contributed by atoms with E-state index in [2.05, 4.69) is 0 Å². The highest BCUT2D eigenvalue weighted by molar-refractivity contribution is 5.87. The number of carboxylic acid groups (broad SMARTS) is 1. The minimum absolute atomic E-state index is 0.106. The Bertz CT molecular complexity index is 357. The van der Waals surface area contributed by atoms with Gasteiger partial charge in [-0.05, 0) is 31.5 Å². The van der Waals surface area contributed by atoms with Crippen LogP contribution in [0.25, 0.3) is 0 Å². The number of halogens is 2. The second kappa shape index (κ2) is 4.84. The molecule has 0 bridgehead atoms. The molecule has 1 rings (SSSR count). The minimum atomic E-state index is -1.35. The molecule has 15 heavy (non-hydrogen) atoms. The molecule has 0 saturated carbocycles. The van der Waals surface area contributed by atoms with E-state index in [1.165, 1.54) is 0 Å². The maximum atomic E-state index is 13.3. The van der Waals surface area contributed by atoms with Crippen molar-refractivity contribution >= 4 is 5.97 Å². The first-order chi connectivity index (χ1) is 7.06. The van der Waals surface area contributed by atoms with Gasteiger partial charge in [0.05, 0.1) is 5.56 Å². The van der Waals surface area contributed by atoms with Crippen LogP contribution in [0.3, 0.4) is 0 Å². The lowest BCUT2D eigenvalue weighted by Gasteiger charge is -2.05. The third-order valence-electron chi connectivity index (χ3n) is 2.02. The molecular weight excluding hydrogens is 204 g/mol. The van der Waals surface area contributed by atoms with Crippen LogP contribution in [-0.4, -0.2) is 17.6 Å². The molecule has 5 heteroatoms. The number of nitrogens with two attached hydrogens (primary N) is 1. The molecule has 1 aromatic carbocycles. The van der Waals surface area contributed by atoms with Crippen molar-refractivity contribution in [3.63, 3.8) is 0 Å². The Kier molecular flexibility index (Phi) is 3.74. The van der Waals surface area contributed by atoms with Crippen LogP contribution >= 0.6 is 0 Å². The summed E-state index contributed by atoms with van der Waals surface area (Å²) in [5, 5.41) is 8.55. The number of carbonyl (C=O) groups is 1. The molecule has 3 N–H and O–H groups in total. The van der Waals surface area contributed by atoms with Crippen molar-refractivity contribution in [2.24, 2.45) is 5.73 Å². The number of rotatable bonds is 4. The molecule has 0 aliphatic carbocycles. The van der Waals surface area contributed by atoms with Crippen molar-refractivity contribution in [3.05, 3.63) is 34.9 Å². The zero-order valence-electron chi connectivity index (χ0n) is 7.96. The maximum Gasteiger partial charge on any atom is 0.335 e. The Morgan fingerprint density at radius 3 is 2.27 bits per heavy atom. The third kappa shape index (κ3) is 2.73. The first kappa shape index (κ1) is 11.6. The van der Waals surface area contributed by atoms with Gasteiger partial charge >= 0.3 is 5.97 Å². The molecule has 0 heterocycles. The van der Waals surface area contributed by atoms with Gasteiger partial charge in [-0.3, -0.25) is 0 Å². The lowest BCUT2D eigenvalue weighted by Crippen LogP contribution is -2.06. The van der Waals surface area contributed by atoms with Gasteiger partial charge < -0.3 is 10.8 Å². The predicted molar refractivity (Wildman–Crippen MR) is 50.7 cm³/mol. The quantitative estimate of drug-likeness (QED) is 0.801. The second-order valence-corrected chi connectivity index (χ2v) is 3.12. The normalized spacial score (nSPS) is 10.3. The second-order valence-electron chi connectivity index (χ2n) is 3.12. The van der Waals surface area contributed by atoms with Gasteiger partial charge in [-0.25, -0.2) is 13.6 Å². The molecule has 0 unspecified atom stereocenters. The van der Waals surface area contributed by atoms with Gasteiger partial charge in [0, 0.05) is 5.56 Å². The van der Waals surface area contributed by atoms with Crippen molar-refractivity contribution in [1.29, 1.82) is 0 Å². The predicted octanol–water partition coefficient (Wildman–Crippen LogP) is 1.55. The Morgan fingerprint density at radius 1 is 1.33 bits per heavy atom. The molecule has 0 aliphatic heterocycles. The van der Waals surface area contributed by atoms with E-state index in [9.17, 15) is 13.6 Å². The van der Waals surface area contributed by atoms with E-state index >= 15 is 0 Å². The Hall–Kier alpha value is -1.49. The summed E-state index contributed by atoms with van der Waals surface area (Å²) in [4.78, 5) is 10.5. The third-order valence-corrected chi connectivity index (χ3v) is 2.02. The Balaban J connectivity index is 3.04. The maximum absolute atomic E-state index is 13.3. The van der Waals surface area contributed by atoms with E-state index in [0.29, 0.717) is 13.0 Å². The summed E-state index contributed by atoms with van der Waals surface area (Å²) in [5.74, 6) is -3.01. The highest BCUT2D eigenvalue weighted by atomic mass is 19.1. The highest BCUT2D eigenvalue weighted by Gasteiger charge is 2.13. The monoisotopic (exact) mass is 215 g/mol. The van der Waals surface area contributed by atoms with Crippen molar-refractivity contribution < 1.29 is 18.7 Å². The lowest BCUT2D eigenvalue weighted by atomic mass is 10.1. The van der Waals surface area contributed by atoms with Crippen LogP contribution in [0.4, 0.5) is 8.78 Å². The van der Waals surface area contributed by atoms with Gasteiger partial charge in [0.25, 0.3) is 0 Å². The van der Waals surface area contributed by atoms with Crippen molar-refractivity contribution in [2.75, 3.05) is 6.54 Å². The van der Waals surface area contributed by atoms with E-state index in [1.807, 2.05) is 0 Å². The van der Waals surface area contributed by atoms with Gasteiger partial charge in [-0.1, -0.05) is 0 Å². The average Bonchev–Trinajstić information content (AvgIpc) is 2.16. The standard InChI is InChI=1S/C10H11F2NO2/c11-8-4-6(10(14)15)5-9(12)7(8)2-1-3-13/h4-5H,1-3,13H2,(H,14,15). The number of carboxylic acids is 1. The number of benzene rings is 1. The fourth-order valence-corrected chi connectivity index (χ4v) is 1.24. The van der Waals surface area contributed by atoms with Crippen LogP contribution in [0.5, 0.6) is 0 Å². The van der Waals surface area contributed by atoms with Crippen LogP contribution in [-0.2, 0) is 6.42 Å². The SMILES string of the molecule is NCCCc1c(F)cc(C(=O)O)cc1F. The van der Waals surface area contributed by atoms with Crippen LogP contribution in [0, 0.1) is 11.6 Å². The molecule has 3 nitrogen and oxygen atoms in total. The first-order valence-corrected chi connectivity index (χ1v) is 4.47. The largest absolute Gasteiger partial charge is 0.478 e. The van der Waals surface area contributed by atoms with Gasteiger partial charge in [-0.2, -0.15) is 0 Å². The summed E-state index contributed by atoms with van der Waals surface area (Å²) < 4.78 is 26.5. The summed E-state index contributed by atoms with van der Waals surface area (Å²) in [7, 11) is 0. The Labute approximate surface area is 85.5 Å². The van der Waals surface area contributed by atoms with Crippen LogP contribution in [0.1, 0.15) is 22.3 Å². The zero-order valence-corrected chi connectivity index (χ0v) is 7.96. The average molecular weight is 215 g/mol. The van der Waals surface area contributed by atoms with Crippen molar-refractivity contribution in [3.8, 4) is 0 Å². The van der Waals surface area contributed by atoms with E-state index in [-0.39, 0.29) is 17.5 Å². The van der Waals surface area contributed by atoms with Gasteiger partial charge in [0.15, 0.2) is 0 Å². The van der Waals surface area contributed by atoms with E-state index in [1.54, 1.807) is 0 Å². The van der Waals surface area contributed by atoms with Gasteiger partial charge in [0.1, 0.15) is 11.6 Å². The lowest BCUT2D eigenvalue weighted by molar-refractivity contribution is 0.0695. The molecule has 0 saturated heterocycles. The topological polar surface area (TPSA) is 63.3 Å². The molecule has 0 fully saturated rings.